The molecule has 1 aliphatic heterocycles. The van der Waals surface area contributed by atoms with Crippen molar-refractivity contribution < 1.29 is 18.7 Å². The first kappa shape index (κ1) is 18.2. The molecule has 9 heteroatoms. The lowest BCUT2D eigenvalue weighted by Crippen LogP contribution is -2.29. The summed E-state index contributed by atoms with van der Waals surface area (Å²) >= 11 is 1.70. The van der Waals surface area contributed by atoms with Gasteiger partial charge in [0.2, 0.25) is 5.91 Å². The first-order chi connectivity index (χ1) is 12.6. The van der Waals surface area contributed by atoms with Gasteiger partial charge in [-0.1, -0.05) is 12.1 Å². The molecule has 0 radical (unpaired) electrons. The fraction of sp³-hybridized carbons (Fsp3) is 0.353. The minimum absolute atomic E-state index is 0.0272. The van der Waals surface area contributed by atoms with Crippen LogP contribution in [-0.4, -0.2) is 28.4 Å². The van der Waals surface area contributed by atoms with Gasteiger partial charge in [0, 0.05) is 23.6 Å². The molecule has 0 fully saturated rings. The highest BCUT2D eigenvalue weighted by Gasteiger charge is 2.25. The summed E-state index contributed by atoms with van der Waals surface area (Å²) in [6.07, 6.45) is -0.569. The van der Waals surface area contributed by atoms with E-state index < -0.39 is 6.09 Å². The number of nitrogens with one attached hydrogen (secondary N) is 2. The van der Waals surface area contributed by atoms with E-state index in [4.69, 9.17) is 4.74 Å². The summed E-state index contributed by atoms with van der Waals surface area (Å²) in [7, 11) is 0. The third kappa shape index (κ3) is 4.34. The summed E-state index contributed by atoms with van der Waals surface area (Å²) in [5.41, 5.74) is 2.59. The fourth-order valence-electron chi connectivity index (χ4n) is 2.58. The minimum Gasteiger partial charge on any atom is -0.450 e. The van der Waals surface area contributed by atoms with Gasteiger partial charge in [0.15, 0.2) is 0 Å². The van der Waals surface area contributed by atoms with Crippen molar-refractivity contribution in [3.8, 4) is 0 Å². The van der Waals surface area contributed by atoms with Crippen molar-refractivity contribution in [3.05, 3.63) is 46.9 Å². The van der Waals surface area contributed by atoms with Gasteiger partial charge in [-0.25, -0.2) is 13.9 Å². The second-order valence-electron chi connectivity index (χ2n) is 5.67. The summed E-state index contributed by atoms with van der Waals surface area (Å²) in [5.74, 6) is 1.40. The van der Waals surface area contributed by atoms with Crippen molar-refractivity contribution >= 4 is 29.6 Å². The van der Waals surface area contributed by atoms with E-state index in [2.05, 4.69) is 15.7 Å². The van der Waals surface area contributed by atoms with Gasteiger partial charge in [-0.15, -0.1) is 0 Å². The van der Waals surface area contributed by atoms with E-state index in [9.17, 15) is 14.0 Å². The van der Waals surface area contributed by atoms with Crippen molar-refractivity contribution in [2.75, 3.05) is 11.9 Å². The maximum absolute atomic E-state index is 12.9. The number of hydrogen-bond donors (Lipinski definition) is 2. The van der Waals surface area contributed by atoms with Crippen molar-refractivity contribution in [2.45, 2.75) is 31.5 Å². The molecule has 138 valence electrons. The number of hydrogen-bond acceptors (Lipinski definition) is 5. The van der Waals surface area contributed by atoms with Gasteiger partial charge >= 0.3 is 6.09 Å². The molecule has 7 nitrogen and oxygen atoms in total. The van der Waals surface area contributed by atoms with Gasteiger partial charge in [0.1, 0.15) is 18.2 Å². The number of rotatable bonds is 6. The van der Waals surface area contributed by atoms with Gasteiger partial charge < -0.3 is 10.1 Å². The number of benzene rings is 1. The molecule has 0 aliphatic carbocycles. The standard InChI is InChI=1S/C17H19FN4O3S/c1-2-25-17(24)20-16-13-9-26-10-14(13)21-22(16)8-15(23)19-7-11-3-5-12(18)6-4-11/h3-6H,2,7-10H2,1H3,(H,19,23)(H,20,24). The Kier molecular flexibility index (Phi) is 5.77. The Balaban J connectivity index is 1.65. The third-order valence-electron chi connectivity index (χ3n) is 3.81. The lowest BCUT2D eigenvalue weighted by atomic mass is 10.2. The quantitative estimate of drug-likeness (QED) is 0.807. The van der Waals surface area contributed by atoms with Crippen molar-refractivity contribution in [2.24, 2.45) is 0 Å². The van der Waals surface area contributed by atoms with Crippen LogP contribution in [0.4, 0.5) is 15.0 Å². The van der Waals surface area contributed by atoms with E-state index in [1.807, 2.05) is 0 Å². The smallest absolute Gasteiger partial charge is 0.412 e. The van der Waals surface area contributed by atoms with Crippen LogP contribution in [0.2, 0.25) is 0 Å². The molecule has 0 atom stereocenters. The van der Waals surface area contributed by atoms with Crippen LogP contribution in [0.1, 0.15) is 23.7 Å². The first-order valence-electron chi connectivity index (χ1n) is 8.18. The second-order valence-corrected chi connectivity index (χ2v) is 6.66. The molecule has 0 unspecified atom stereocenters. The minimum atomic E-state index is -0.569. The number of halogens is 1. The molecule has 26 heavy (non-hydrogen) atoms. The summed E-state index contributed by atoms with van der Waals surface area (Å²) < 4.78 is 19.3. The number of amides is 2. The van der Waals surface area contributed by atoms with E-state index in [0.29, 0.717) is 5.82 Å². The predicted octanol–water partition coefficient (Wildman–Crippen LogP) is 2.65. The molecule has 2 heterocycles. The van der Waals surface area contributed by atoms with Crippen molar-refractivity contribution in [1.29, 1.82) is 0 Å². The molecule has 1 aromatic heterocycles. The Hall–Kier alpha value is -2.55. The fourth-order valence-corrected chi connectivity index (χ4v) is 3.61. The molecule has 0 bridgehead atoms. The van der Waals surface area contributed by atoms with Crippen LogP contribution in [-0.2, 0) is 34.1 Å². The number of nitrogens with zero attached hydrogens (tertiary/aromatic N) is 2. The molecule has 0 spiro atoms. The van der Waals surface area contributed by atoms with Crippen LogP contribution in [0.15, 0.2) is 24.3 Å². The molecule has 0 saturated heterocycles. The number of fused-ring (bicyclic) bond motifs is 1. The average Bonchev–Trinajstić information content (AvgIpc) is 3.18. The molecule has 2 aromatic rings. The Morgan fingerprint density at radius 3 is 2.81 bits per heavy atom. The SMILES string of the molecule is CCOC(=O)Nc1c2c(nn1CC(=O)NCc1ccc(F)cc1)CSC2. The van der Waals surface area contributed by atoms with Gasteiger partial charge in [-0.05, 0) is 24.6 Å². The van der Waals surface area contributed by atoms with Crippen molar-refractivity contribution in [3.63, 3.8) is 0 Å². The normalized spacial score (nSPS) is 12.5. The zero-order chi connectivity index (χ0) is 18.5. The van der Waals surface area contributed by atoms with Crippen LogP contribution in [0.3, 0.4) is 0 Å². The van der Waals surface area contributed by atoms with Crippen molar-refractivity contribution in [1.82, 2.24) is 15.1 Å². The second kappa shape index (κ2) is 8.22. The molecule has 1 aliphatic rings. The van der Waals surface area contributed by atoms with Gasteiger partial charge in [0.25, 0.3) is 0 Å². The predicted molar refractivity (Wildman–Crippen MR) is 96.1 cm³/mol. The number of carbonyl (C=O) groups excluding carboxylic acids is 2. The molecule has 0 saturated carbocycles. The number of ether oxygens (including phenoxy) is 1. The number of carbonyl (C=O) groups is 2. The van der Waals surface area contributed by atoms with Crippen LogP contribution in [0.25, 0.3) is 0 Å². The number of anilines is 1. The topological polar surface area (TPSA) is 85.2 Å². The van der Waals surface area contributed by atoms with Crippen LogP contribution < -0.4 is 10.6 Å². The average molecular weight is 378 g/mol. The molecular weight excluding hydrogens is 359 g/mol. The highest BCUT2D eigenvalue weighted by molar-refractivity contribution is 7.98. The zero-order valence-electron chi connectivity index (χ0n) is 14.3. The summed E-state index contributed by atoms with van der Waals surface area (Å²) in [6.45, 7) is 2.24. The summed E-state index contributed by atoms with van der Waals surface area (Å²) in [4.78, 5) is 24.0. The summed E-state index contributed by atoms with van der Waals surface area (Å²) in [6, 6.07) is 5.92. The van der Waals surface area contributed by atoms with Gasteiger partial charge in [0.05, 0.1) is 12.3 Å². The lowest BCUT2D eigenvalue weighted by molar-refractivity contribution is -0.122. The molecule has 2 amide bonds. The Morgan fingerprint density at radius 1 is 1.31 bits per heavy atom. The van der Waals surface area contributed by atoms with E-state index in [1.54, 1.807) is 30.8 Å². The van der Waals surface area contributed by atoms with Gasteiger partial charge in [-0.2, -0.15) is 16.9 Å². The first-order valence-corrected chi connectivity index (χ1v) is 9.33. The van der Waals surface area contributed by atoms with Crippen LogP contribution >= 0.6 is 11.8 Å². The largest absolute Gasteiger partial charge is 0.450 e. The maximum atomic E-state index is 12.9. The molecule has 1 aromatic carbocycles. The van der Waals surface area contributed by atoms with E-state index in [0.717, 1.165) is 28.3 Å². The van der Waals surface area contributed by atoms with E-state index >= 15 is 0 Å². The Labute approximate surface area is 154 Å². The van der Waals surface area contributed by atoms with Crippen LogP contribution in [0.5, 0.6) is 0 Å². The molecular formula is C17H19FN4O3S. The zero-order valence-corrected chi connectivity index (χ0v) is 15.1. The van der Waals surface area contributed by atoms with E-state index in [1.165, 1.54) is 16.8 Å². The Bertz CT molecular complexity index is 807. The van der Waals surface area contributed by atoms with E-state index in [-0.39, 0.29) is 31.4 Å². The summed E-state index contributed by atoms with van der Waals surface area (Å²) in [5, 5.41) is 9.87. The van der Waals surface area contributed by atoms with Crippen LogP contribution in [0, 0.1) is 5.82 Å². The Morgan fingerprint density at radius 2 is 2.08 bits per heavy atom. The molecule has 2 N–H and O–H groups in total. The van der Waals surface area contributed by atoms with Gasteiger partial charge in [-0.3, -0.25) is 10.1 Å². The lowest BCUT2D eigenvalue weighted by Gasteiger charge is -2.11. The highest BCUT2D eigenvalue weighted by Crippen LogP contribution is 2.34. The third-order valence-corrected chi connectivity index (χ3v) is 4.78. The maximum Gasteiger partial charge on any atom is 0.412 e. The molecule has 3 rings (SSSR count). The monoisotopic (exact) mass is 378 g/mol. The highest BCUT2D eigenvalue weighted by atomic mass is 32.2. The number of aromatic nitrogens is 2. The number of thioether (sulfide) groups is 1.